The molecule has 0 aromatic heterocycles. The van der Waals surface area contributed by atoms with Gasteiger partial charge in [-0.3, -0.25) is 9.69 Å². The Balaban J connectivity index is 1.66. The van der Waals surface area contributed by atoms with Crippen LogP contribution in [-0.4, -0.2) is 60.1 Å². The van der Waals surface area contributed by atoms with Crippen molar-refractivity contribution >= 4 is 5.91 Å². The summed E-state index contributed by atoms with van der Waals surface area (Å²) in [6.07, 6.45) is 5.11. The number of methoxy groups -OCH3 is 1. The molecule has 5 heteroatoms. The molecule has 1 saturated heterocycles. The quantitative estimate of drug-likeness (QED) is 0.754. The van der Waals surface area contributed by atoms with Crippen molar-refractivity contribution in [1.82, 2.24) is 9.80 Å². The number of hydrogen-bond donors (Lipinski definition) is 0. The van der Waals surface area contributed by atoms with Crippen LogP contribution in [0.1, 0.15) is 32.1 Å². The summed E-state index contributed by atoms with van der Waals surface area (Å²) < 4.78 is 5.46. The van der Waals surface area contributed by atoms with Crippen molar-refractivity contribution < 1.29 is 9.53 Å². The van der Waals surface area contributed by atoms with Crippen molar-refractivity contribution in [2.75, 3.05) is 26.7 Å². The van der Waals surface area contributed by atoms with E-state index in [1.54, 1.807) is 7.11 Å². The minimum absolute atomic E-state index is 0.0944. The summed E-state index contributed by atoms with van der Waals surface area (Å²) in [6.45, 7) is 2.10. The van der Waals surface area contributed by atoms with Crippen molar-refractivity contribution in [3.63, 3.8) is 0 Å². The zero-order chi connectivity index (χ0) is 13.5. The van der Waals surface area contributed by atoms with Crippen molar-refractivity contribution in [1.29, 1.82) is 5.26 Å². The summed E-state index contributed by atoms with van der Waals surface area (Å²) in [5, 5.41) is 9.31. The van der Waals surface area contributed by atoms with Crippen LogP contribution in [0.4, 0.5) is 0 Å². The number of nitrogens with zero attached hydrogens (tertiary/aromatic N) is 3. The number of rotatable bonds is 3. The molecule has 5 nitrogen and oxygen atoms in total. The van der Waals surface area contributed by atoms with Crippen LogP contribution in [-0.2, 0) is 9.53 Å². The maximum absolute atomic E-state index is 12.6. The molecule has 1 atom stereocenters. The summed E-state index contributed by atoms with van der Waals surface area (Å²) in [7, 11) is 1.62. The number of hydrogen-bond acceptors (Lipinski definition) is 4. The zero-order valence-electron chi connectivity index (χ0n) is 11.5. The molecule has 19 heavy (non-hydrogen) atoms. The van der Waals surface area contributed by atoms with Crippen LogP contribution in [0.2, 0.25) is 0 Å². The Kier molecular flexibility index (Phi) is 3.23. The molecule has 3 fully saturated rings. The van der Waals surface area contributed by atoms with E-state index in [9.17, 15) is 10.1 Å². The van der Waals surface area contributed by atoms with E-state index < -0.39 is 5.60 Å². The van der Waals surface area contributed by atoms with Crippen LogP contribution in [0.5, 0.6) is 0 Å². The highest BCUT2D eigenvalue weighted by Crippen LogP contribution is 2.38. The van der Waals surface area contributed by atoms with Gasteiger partial charge in [-0.05, 0) is 32.1 Å². The first kappa shape index (κ1) is 12.9. The summed E-state index contributed by atoms with van der Waals surface area (Å²) in [5.74, 6) is 0.0944. The highest BCUT2D eigenvalue weighted by molar-refractivity contribution is 5.86. The van der Waals surface area contributed by atoms with Gasteiger partial charge in [0.05, 0.1) is 6.07 Å². The van der Waals surface area contributed by atoms with Crippen molar-refractivity contribution in [3.05, 3.63) is 0 Å². The Morgan fingerprint density at radius 2 is 2.11 bits per heavy atom. The Hall–Kier alpha value is -1.12. The van der Waals surface area contributed by atoms with E-state index in [-0.39, 0.29) is 11.9 Å². The highest BCUT2D eigenvalue weighted by Gasteiger charge is 2.48. The molecule has 2 aliphatic carbocycles. The summed E-state index contributed by atoms with van der Waals surface area (Å²) in [5.41, 5.74) is -0.582. The fraction of sp³-hybridized carbons (Fsp3) is 0.857. The largest absolute Gasteiger partial charge is 0.368 e. The SMILES string of the molecule is COC1(C(=O)N2CCN(C3CC3)C(C#N)C2)CCC1. The Labute approximate surface area is 114 Å². The number of nitriles is 1. The molecule has 2 saturated carbocycles. The van der Waals surface area contributed by atoms with Crippen LogP contribution < -0.4 is 0 Å². The van der Waals surface area contributed by atoms with Crippen LogP contribution in [0.3, 0.4) is 0 Å². The van der Waals surface area contributed by atoms with Crippen molar-refractivity contribution in [2.24, 2.45) is 0 Å². The van der Waals surface area contributed by atoms with Crippen molar-refractivity contribution in [3.8, 4) is 6.07 Å². The molecule has 104 valence electrons. The van der Waals surface area contributed by atoms with E-state index in [0.717, 1.165) is 32.4 Å². The lowest BCUT2D eigenvalue weighted by atomic mass is 9.78. The maximum atomic E-state index is 12.6. The van der Waals surface area contributed by atoms with Crippen molar-refractivity contribution in [2.45, 2.75) is 49.8 Å². The first-order valence-corrected chi connectivity index (χ1v) is 7.20. The molecule has 0 aromatic carbocycles. The van der Waals surface area contributed by atoms with Crippen LogP contribution in [0.15, 0.2) is 0 Å². The Morgan fingerprint density at radius 3 is 2.58 bits per heavy atom. The van der Waals surface area contributed by atoms with E-state index in [1.807, 2.05) is 4.90 Å². The fourth-order valence-corrected chi connectivity index (χ4v) is 3.23. The molecule has 1 amide bonds. The van der Waals surface area contributed by atoms with Crippen LogP contribution in [0.25, 0.3) is 0 Å². The second-order valence-electron chi connectivity index (χ2n) is 5.92. The maximum Gasteiger partial charge on any atom is 0.254 e. The first-order valence-electron chi connectivity index (χ1n) is 7.20. The minimum Gasteiger partial charge on any atom is -0.368 e. The second kappa shape index (κ2) is 4.77. The lowest BCUT2D eigenvalue weighted by molar-refractivity contribution is -0.168. The van der Waals surface area contributed by atoms with Gasteiger partial charge < -0.3 is 9.64 Å². The molecule has 3 aliphatic rings. The van der Waals surface area contributed by atoms with Gasteiger partial charge in [0.15, 0.2) is 0 Å². The average Bonchev–Trinajstić information content (AvgIpc) is 3.21. The van der Waals surface area contributed by atoms with Gasteiger partial charge in [0.25, 0.3) is 5.91 Å². The molecule has 0 spiro atoms. The summed E-state index contributed by atoms with van der Waals surface area (Å²) in [6, 6.07) is 2.80. The number of carbonyl (C=O) groups excluding carboxylic acids is 1. The lowest BCUT2D eigenvalue weighted by Crippen LogP contribution is -2.61. The van der Waals surface area contributed by atoms with Gasteiger partial charge >= 0.3 is 0 Å². The smallest absolute Gasteiger partial charge is 0.254 e. The van der Waals surface area contributed by atoms with Gasteiger partial charge in [0.2, 0.25) is 0 Å². The summed E-state index contributed by atoms with van der Waals surface area (Å²) in [4.78, 5) is 16.7. The van der Waals surface area contributed by atoms with Crippen LogP contribution >= 0.6 is 0 Å². The lowest BCUT2D eigenvalue weighted by Gasteiger charge is -2.45. The Morgan fingerprint density at radius 1 is 1.37 bits per heavy atom. The molecule has 0 bridgehead atoms. The molecule has 0 aromatic rings. The van der Waals surface area contributed by atoms with Gasteiger partial charge in [0.1, 0.15) is 11.6 Å². The number of piperazine rings is 1. The van der Waals surface area contributed by atoms with E-state index in [0.29, 0.717) is 12.6 Å². The third-order valence-electron chi connectivity index (χ3n) is 4.82. The van der Waals surface area contributed by atoms with Gasteiger partial charge in [-0.1, -0.05) is 0 Å². The third kappa shape index (κ3) is 2.13. The third-order valence-corrected chi connectivity index (χ3v) is 4.82. The standard InChI is InChI=1S/C14H21N3O2/c1-19-14(5-2-6-14)13(18)16-7-8-17(11-3-4-11)12(9-15)10-16/h11-12H,2-8,10H2,1H3. The van der Waals surface area contributed by atoms with Gasteiger partial charge in [0, 0.05) is 32.8 Å². The number of amides is 1. The predicted octanol–water partition coefficient (Wildman–Crippen LogP) is 0.754. The van der Waals surface area contributed by atoms with E-state index in [1.165, 1.54) is 12.8 Å². The molecule has 1 aliphatic heterocycles. The average molecular weight is 263 g/mol. The zero-order valence-corrected chi connectivity index (χ0v) is 11.5. The molecular formula is C14H21N3O2. The molecule has 0 radical (unpaired) electrons. The summed E-state index contributed by atoms with van der Waals surface area (Å²) >= 11 is 0. The van der Waals surface area contributed by atoms with E-state index >= 15 is 0 Å². The normalized spacial score (nSPS) is 30.5. The molecule has 3 rings (SSSR count). The minimum atomic E-state index is -0.582. The first-order chi connectivity index (χ1) is 9.20. The van der Waals surface area contributed by atoms with Gasteiger partial charge in [-0.2, -0.15) is 5.26 Å². The molecule has 1 unspecified atom stereocenters. The molecule has 0 N–H and O–H groups in total. The predicted molar refractivity (Wildman–Crippen MR) is 69.3 cm³/mol. The van der Waals surface area contributed by atoms with Gasteiger partial charge in [-0.25, -0.2) is 0 Å². The number of ether oxygens (including phenoxy) is 1. The second-order valence-corrected chi connectivity index (χ2v) is 5.92. The van der Waals surface area contributed by atoms with Gasteiger partial charge in [-0.15, -0.1) is 0 Å². The fourth-order valence-electron chi connectivity index (χ4n) is 3.23. The topological polar surface area (TPSA) is 56.6 Å². The van der Waals surface area contributed by atoms with Crippen LogP contribution in [0, 0.1) is 11.3 Å². The van der Waals surface area contributed by atoms with E-state index in [4.69, 9.17) is 4.74 Å². The molecular weight excluding hydrogens is 242 g/mol. The molecule has 1 heterocycles. The highest BCUT2D eigenvalue weighted by atomic mass is 16.5. The van der Waals surface area contributed by atoms with E-state index in [2.05, 4.69) is 11.0 Å². The Bertz CT molecular complexity index is 404. The number of carbonyl (C=O) groups is 1. The monoisotopic (exact) mass is 263 g/mol.